The molecule has 0 unspecified atom stereocenters. The third-order valence-electron chi connectivity index (χ3n) is 3.89. The van der Waals surface area contributed by atoms with Crippen molar-refractivity contribution >= 4 is 5.97 Å². The molecule has 0 radical (unpaired) electrons. The summed E-state index contributed by atoms with van der Waals surface area (Å²) in [5.41, 5.74) is 0.983. The zero-order chi connectivity index (χ0) is 13.7. The van der Waals surface area contributed by atoms with Crippen molar-refractivity contribution in [3.8, 4) is 0 Å². The highest BCUT2D eigenvalue weighted by molar-refractivity contribution is 5.68. The maximum absolute atomic E-state index is 13.0. The molecule has 0 heterocycles. The molecule has 19 heavy (non-hydrogen) atoms. The van der Waals surface area contributed by atoms with Crippen molar-refractivity contribution < 1.29 is 14.3 Å². The van der Waals surface area contributed by atoms with Crippen molar-refractivity contribution in [3.63, 3.8) is 0 Å². The Kier molecular flexibility index (Phi) is 4.35. The Morgan fingerprint density at radius 3 is 2.42 bits per heavy atom. The van der Waals surface area contributed by atoms with E-state index in [0.717, 1.165) is 31.2 Å². The van der Waals surface area contributed by atoms with Crippen LogP contribution in [0.2, 0.25) is 0 Å². The number of carbonyl (C=O) groups is 1. The Morgan fingerprint density at radius 1 is 1.21 bits per heavy atom. The molecule has 1 aromatic rings. The van der Waals surface area contributed by atoms with Gasteiger partial charge in [0, 0.05) is 5.41 Å². The molecule has 0 amide bonds. The molecule has 0 aliphatic heterocycles. The molecular formula is C16H19FO2. The smallest absolute Gasteiger partial charge is 0.307 e. The minimum Gasteiger partial charge on any atom is -0.481 e. The number of rotatable bonds is 4. The lowest BCUT2D eigenvalue weighted by molar-refractivity contribution is -0.136. The minimum atomic E-state index is -0.818. The van der Waals surface area contributed by atoms with Gasteiger partial charge in [0.25, 0.3) is 0 Å². The summed E-state index contributed by atoms with van der Waals surface area (Å²) >= 11 is 0. The highest BCUT2D eigenvalue weighted by Gasteiger charge is 2.31. The van der Waals surface area contributed by atoms with E-state index in [1.54, 1.807) is 6.08 Å². The Labute approximate surface area is 113 Å². The molecular weight excluding hydrogens is 243 g/mol. The first-order valence-corrected chi connectivity index (χ1v) is 6.78. The number of hydrogen-bond acceptors (Lipinski definition) is 1. The lowest BCUT2D eigenvalue weighted by Gasteiger charge is -2.35. The molecule has 102 valence electrons. The normalized spacial score (nSPS) is 18.6. The second-order valence-corrected chi connectivity index (χ2v) is 5.22. The largest absolute Gasteiger partial charge is 0.481 e. The fraction of sp³-hybridized carbons (Fsp3) is 0.438. The molecule has 0 spiro atoms. The monoisotopic (exact) mass is 262 g/mol. The van der Waals surface area contributed by atoms with Gasteiger partial charge in [0.2, 0.25) is 0 Å². The summed E-state index contributed by atoms with van der Waals surface area (Å²) in [5.74, 6) is -1.05. The highest BCUT2D eigenvalue weighted by Crippen LogP contribution is 2.40. The van der Waals surface area contributed by atoms with E-state index >= 15 is 0 Å². The van der Waals surface area contributed by atoms with E-state index in [4.69, 9.17) is 5.11 Å². The minimum absolute atomic E-state index is 0.0446. The second-order valence-electron chi connectivity index (χ2n) is 5.22. The summed E-state index contributed by atoms with van der Waals surface area (Å²) in [6.45, 7) is 0. The number of carboxylic acids is 1. The quantitative estimate of drug-likeness (QED) is 0.831. The van der Waals surface area contributed by atoms with Gasteiger partial charge in [-0.25, -0.2) is 4.39 Å². The molecule has 0 saturated heterocycles. The first-order valence-electron chi connectivity index (χ1n) is 6.78. The first kappa shape index (κ1) is 13.8. The van der Waals surface area contributed by atoms with E-state index in [1.165, 1.54) is 18.6 Å². The van der Waals surface area contributed by atoms with Gasteiger partial charge in [-0.05, 0) is 30.5 Å². The van der Waals surface area contributed by atoms with E-state index in [9.17, 15) is 9.18 Å². The van der Waals surface area contributed by atoms with Crippen LogP contribution in [0.1, 0.15) is 44.1 Å². The fourth-order valence-electron chi connectivity index (χ4n) is 2.90. The van der Waals surface area contributed by atoms with Gasteiger partial charge >= 0.3 is 5.97 Å². The van der Waals surface area contributed by atoms with Crippen LogP contribution in [0.15, 0.2) is 36.4 Å². The Morgan fingerprint density at radius 2 is 1.84 bits per heavy atom. The van der Waals surface area contributed by atoms with Crippen LogP contribution >= 0.6 is 0 Å². The summed E-state index contributed by atoms with van der Waals surface area (Å²) in [6, 6.07) is 6.62. The van der Waals surface area contributed by atoms with E-state index < -0.39 is 5.97 Å². The molecule has 1 aliphatic carbocycles. The number of allylic oxidation sites excluding steroid dienone is 1. The zero-order valence-corrected chi connectivity index (χ0v) is 10.9. The predicted molar refractivity (Wildman–Crippen MR) is 72.6 cm³/mol. The molecule has 2 rings (SSSR count). The van der Waals surface area contributed by atoms with Crippen LogP contribution in [-0.4, -0.2) is 11.1 Å². The molecule has 1 saturated carbocycles. The van der Waals surface area contributed by atoms with Crippen LogP contribution in [0, 0.1) is 5.82 Å². The molecule has 0 aromatic heterocycles. The van der Waals surface area contributed by atoms with E-state index in [2.05, 4.69) is 0 Å². The van der Waals surface area contributed by atoms with Gasteiger partial charge in [0.1, 0.15) is 5.82 Å². The highest BCUT2D eigenvalue weighted by atomic mass is 19.1. The van der Waals surface area contributed by atoms with Crippen LogP contribution < -0.4 is 0 Å². The number of hydrogen-bond donors (Lipinski definition) is 1. The van der Waals surface area contributed by atoms with Crippen LogP contribution in [-0.2, 0) is 10.2 Å². The van der Waals surface area contributed by atoms with Crippen LogP contribution in [0.3, 0.4) is 0 Å². The molecule has 0 bridgehead atoms. The molecule has 3 heteroatoms. The van der Waals surface area contributed by atoms with Gasteiger partial charge in [-0.3, -0.25) is 4.79 Å². The van der Waals surface area contributed by atoms with Gasteiger partial charge in [-0.15, -0.1) is 0 Å². The van der Waals surface area contributed by atoms with Crippen molar-refractivity contribution in [2.24, 2.45) is 0 Å². The average Bonchev–Trinajstić information content (AvgIpc) is 2.40. The van der Waals surface area contributed by atoms with Crippen molar-refractivity contribution in [1.29, 1.82) is 0 Å². The molecule has 1 aliphatic rings. The zero-order valence-electron chi connectivity index (χ0n) is 10.9. The predicted octanol–water partition coefficient (Wildman–Crippen LogP) is 4.06. The molecule has 1 fully saturated rings. The third kappa shape index (κ3) is 3.43. The summed E-state index contributed by atoms with van der Waals surface area (Å²) in [5, 5.41) is 8.73. The number of benzene rings is 1. The van der Waals surface area contributed by atoms with Gasteiger partial charge < -0.3 is 5.11 Å². The molecule has 1 aromatic carbocycles. The van der Waals surface area contributed by atoms with Crippen molar-refractivity contribution in [3.05, 3.63) is 47.8 Å². The third-order valence-corrected chi connectivity index (χ3v) is 3.89. The topological polar surface area (TPSA) is 37.3 Å². The number of halogens is 1. The maximum Gasteiger partial charge on any atom is 0.307 e. The van der Waals surface area contributed by atoms with Crippen molar-refractivity contribution in [2.45, 2.75) is 43.9 Å². The summed E-state index contributed by atoms with van der Waals surface area (Å²) in [6.07, 6.45) is 9.30. The van der Waals surface area contributed by atoms with Gasteiger partial charge in [-0.1, -0.05) is 43.5 Å². The number of carboxylic acid groups (broad SMARTS) is 1. The number of aliphatic carboxylic acids is 1. The Hall–Kier alpha value is -1.64. The van der Waals surface area contributed by atoms with Gasteiger partial charge in [0.05, 0.1) is 6.42 Å². The van der Waals surface area contributed by atoms with E-state index in [-0.39, 0.29) is 17.7 Å². The van der Waals surface area contributed by atoms with Gasteiger partial charge in [0.15, 0.2) is 0 Å². The average molecular weight is 262 g/mol. The van der Waals surface area contributed by atoms with Crippen molar-refractivity contribution in [2.75, 3.05) is 0 Å². The van der Waals surface area contributed by atoms with Crippen molar-refractivity contribution in [1.82, 2.24) is 0 Å². The Balaban J connectivity index is 2.25. The fourth-order valence-corrected chi connectivity index (χ4v) is 2.90. The first-order chi connectivity index (χ1) is 9.12. The summed E-state index contributed by atoms with van der Waals surface area (Å²) in [4.78, 5) is 10.6. The maximum atomic E-state index is 13.0. The second kappa shape index (κ2) is 6.00. The lowest BCUT2D eigenvalue weighted by atomic mass is 9.69. The van der Waals surface area contributed by atoms with E-state index in [0.29, 0.717) is 0 Å². The van der Waals surface area contributed by atoms with Gasteiger partial charge in [-0.2, -0.15) is 0 Å². The van der Waals surface area contributed by atoms with Crippen LogP contribution in [0.4, 0.5) is 4.39 Å². The van der Waals surface area contributed by atoms with E-state index in [1.807, 2.05) is 18.2 Å². The molecule has 1 N–H and O–H groups in total. The molecule has 2 nitrogen and oxygen atoms in total. The summed E-state index contributed by atoms with van der Waals surface area (Å²) < 4.78 is 13.0. The Bertz CT molecular complexity index is 456. The van der Waals surface area contributed by atoms with Crippen LogP contribution in [0.25, 0.3) is 0 Å². The standard InChI is InChI=1S/C16H19FO2/c17-14-8-6-13(7-9-14)16(10-2-1-3-11-16)12-4-5-15(18)19/h4,6-9,12H,1-3,5,10-11H2,(H,18,19)/b12-4+. The lowest BCUT2D eigenvalue weighted by Crippen LogP contribution is -2.26. The molecule has 0 atom stereocenters. The SMILES string of the molecule is O=C(O)C/C=C/C1(c2ccc(F)cc2)CCCCC1. The van der Waals surface area contributed by atoms with Crippen LogP contribution in [0.5, 0.6) is 0 Å². The summed E-state index contributed by atoms with van der Waals surface area (Å²) in [7, 11) is 0.